The molecule has 6 rings (SSSR count). The van der Waals surface area contributed by atoms with Crippen LogP contribution in [0.15, 0.2) is 30.5 Å². The summed E-state index contributed by atoms with van der Waals surface area (Å²) in [5.74, 6) is 1.08. The lowest BCUT2D eigenvalue weighted by molar-refractivity contribution is -0.220. The van der Waals surface area contributed by atoms with Gasteiger partial charge in [0.1, 0.15) is 12.2 Å². The van der Waals surface area contributed by atoms with Gasteiger partial charge in [-0.05, 0) is 111 Å². The maximum atomic E-state index is 12.7. The average Bonchev–Trinajstić information content (AvgIpc) is 3.43. The maximum Gasteiger partial charge on any atom is 0.305 e. The minimum absolute atomic E-state index is 0.0588. The van der Waals surface area contributed by atoms with Crippen molar-refractivity contribution in [2.45, 2.75) is 111 Å². The Hall–Kier alpha value is -2.91. The topological polar surface area (TPSA) is 116 Å². The number of methoxy groups -OCH3 is 1. The molecule has 0 amide bonds. The molecule has 5 unspecified atom stereocenters. The molecule has 274 valence electrons. The molecular weight excluding hydrogens is 654 g/mol. The Balaban J connectivity index is 1.17. The zero-order valence-electron chi connectivity index (χ0n) is 30.6. The molecule has 1 aromatic heterocycles. The lowest BCUT2D eigenvalue weighted by Gasteiger charge is -2.64. The summed E-state index contributed by atoms with van der Waals surface area (Å²) >= 11 is 6.18. The number of aromatic nitrogens is 1. The molecule has 4 aliphatic carbocycles. The number of benzene rings is 1. The molecule has 4 saturated carbocycles. The second-order valence-electron chi connectivity index (χ2n) is 16.2. The predicted octanol–water partition coefficient (Wildman–Crippen LogP) is 7.59. The first kappa shape index (κ1) is 36.9. The fourth-order valence-electron chi connectivity index (χ4n) is 11.4. The van der Waals surface area contributed by atoms with Crippen molar-refractivity contribution in [2.75, 3.05) is 25.5 Å². The van der Waals surface area contributed by atoms with E-state index in [1.165, 1.54) is 21.0 Å². The zero-order valence-corrected chi connectivity index (χ0v) is 31.4. The summed E-state index contributed by atoms with van der Waals surface area (Å²) in [7, 11) is 1.44. The first-order chi connectivity index (χ1) is 23.8. The number of hydrogen-bond donors (Lipinski definition) is 2. The van der Waals surface area contributed by atoms with Gasteiger partial charge in [-0.2, -0.15) is 0 Å². The van der Waals surface area contributed by atoms with Gasteiger partial charge in [0.05, 0.1) is 12.6 Å². The number of anilines is 1. The van der Waals surface area contributed by atoms with Gasteiger partial charge in [0.25, 0.3) is 0 Å². The molecular formula is C40H56ClN3O6. The normalized spacial score (nSPS) is 35.3. The Morgan fingerprint density at radius 2 is 1.78 bits per heavy atom. The van der Waals surface area contributed by atoms with Crippen LogP contribution in [0.5, 0.6) is 0 Å². The molecule has 0 radical (unpaired) electrons. The van der Waals surface area contributed by atoms with Gasteiger partial charge in [0, 0.05) is 73.0 Å². The highest BCUT2D eigenvalue weighted by atomic mass is 35.5. The predicted molar refractivity (Wildman–Crippen MR) is 195 cm³/mol. The van der Waals surface area contributed by atoms with Crippen LogP contribution in [-0.2, 0) is 28.6 Å². The monoisotopic (exact) mass is 709 g/mol. The lowest BCUT2D eigenvalue weighted by Crippen LogP contribution is -2.64. The molecule has 9 nitrogen and oxygen atoms in total. The summed E-state index contributed by atoms with van der Waals surface area (Å²) in [4.78, 5) is 41.8. The van der Waals surface area contributed by atoms with Gasteiger partial charge in [0.15, 0.2) is 0 Å². The Morgan fingerprint density at radius 3 is 2.52 bits per heavy atom. The fraction of sp³-hybridized carbons (Fsp3) is 0.700. The van der Waals surface area contributed by atoms with Gasteiger partial charge in [0.2, 0.25) is 0 Å². The molecule has 4 fully saturated rings. The molecule has 0 aliphatic heterocycles. The second-order valence-corrected chi connectivity index (χ2v) is 16.7. The van der Waals surface area contributed by atoms with Crippen LogP contribution in [0.2, 0.25) is 5.02 Å². The van der Waals surface area contributed by atoms with Crippen LogP contribution in [0, 0.1) is 46.3 Å². The van der Waals surface area contributed by atoms with Crippen LogP contribution in [0.4, 0.5) is 5.69 Å². The Labute approximate surface area is 302 Å². The van der Waals surface area contributed by atoms with E-state index < -0.39 is 0 Å². The van der Waals surface area contributed by atoms with Gasteiger partial charge in [-0.15, -0.1) is 0 Å². The van der Waals surface area contributed by atoms with Gasteiger partial charge in [-0.3, -0.25) is 19.4 Å². The van der Waals surface area contributed by atoms with Crippen molar-refractivity contribution in [1.29, 1.82) is 0 Å². The molecule has 2 N–H and O–H groups in total. The third-order valence-electron chi connectivity index (χ3n) is 13.7. The molecule has 1 heterocycles. The Kier molecular flexibility index (Phi) is 11.0. The Bertz CT molecular complexity index is 1570. The van der Waals surface area contributed by atoms with Crippen molar-refractivity contribution < 1.29 is 28.6 Å². The van der Waals surface area contributed by atoms with Crippen LogP contribution in [0.1, 0.15) is 92.4 Å². The molecule has 50 heavy (non-hydrogen) atoms. The highest BCUT2D eigenvalue weighted by Crippen LogP contribution is 2.69. The van der Waals surface area contributed by atoms with Crippen LogP contribution >= 0.6 is 11.6 Å². The number of nitrogens with one attached hydrogen (secondary N) is 2. The van der Waals surface area contributed by atoms with Gasteiger partial charge < -0.3 is 24.8 Å². The molecule has 0 saturated heterocycles. The molecule has 11 atom stereocenters. The fourth-order valence-corrected chi connectivity index (χ4v) is 11.6. The van der Waals surface area contributed by atoms with E-state index in [1.807, 2.05) is 30.5 Å². The smallest absolute Gasteiger partial charge is 0.305 e. The zero-order chi connectivity index (χ0) is 35.8. The largest absolute Gasteiger partial charge is 0.469 e. The molecule has 0 spiro atoms. The third-order valence-corrected chi connectivity index (χ3v) is 14.0. The standard InChI is InChI=1S/C40H56ClN3O6/c1-23(7-12-37(47)48-6)30-10-11-31-38-32(22-36(40(30,31)5)50-25(3)46)39(4)15-13-28(19-26(39)20-35(38)49-24(2)45)42-17-18-44-33-14-16-43-34-21-27(41)8-9-29(33)34/h8-9,14,16,21,23,26,28,30-32,35-36,38,42H,7,10-13,15,17-20,22H2,1-6H3,(H,43,44)/t23?,26-,28+,30?,31?,32?,35+,36-,38?,39-,40+/m0/s1. The van der Waals surface area contributed by atoms with Crippen LogP contribution < -0.4 is 10.6 Å². The summed E-state index contributed by atoms with van der Waals surface area (Å²) in [6.45, 7) is 11.7. The number of nitrogens with zero attached hydrogens (tertiary/aromatic N) is 1. The number of halogens is 1. The third kappa shape index (κ3) is 7.10. The number of fused-ring (bicyclic) bond motifs is 6. The number of hydrogen-bond acceptors (Lipinski definition) is 9. The van der Waals surface area contributed by atoms with E-state index in [-0.39, 0.29) is 64.6 Å². The molecule has 4 aliphatic rings. The quantitative estimate of drug-likeness (QED) is 0.138. The average molecular weight is 710 g/mol. The summed E-state index contributed by atoms with van der Waals surface area (Å²) < 4.78 is 17.6. The first-order valence-corrected chi connectivity index (χ1v) is 19.2. The summed E-state index contributed by atoms with van der Waals surface area (Å²) in [5, 5.41) is 9.15. The summed E-state index contributed by atoms with van der Waals surface area (Å²) in [6, 6.07) is 8.17. The number of carbonyl (C=O) groups excluding carboxylic acids is 3. The van der Waals surface area contributed by atoms with E-state index in [9.17, 15) is 14.4 Å². The van der Waals surface area contributed by atoms with E-state index in [2.05, 4.69) is 36.4 Å². The number of pyridine rings is 1. The van der Waals surface area contributed by atoms with Crippen molar-refractivity contribution in [3.63, 3.8) is 0 Å². The van der Waals surface area contributed by atoms with Crippen LogP contribution in [-0.4, -0.2) is 61.3 Å². The number of carbonyl (C=O) groups is 3. The lowest BCUT2D eigenvalue weighted by atomic mass is 9.43. The van der Waals surface area contributed by atoms with Gasteiger partial charge >= 0.3 is 17.9 Å². The molecule has 2 aromatic rings. The minimum Gasteiger partial charge on any atom is -0.469 e. The molecule has 0 bridgehead atoms. The Morgan fingerprint density at radius 1 is 1.00 bits per heavy atom. The minimum atomic E-state index is -0.262. The van der Waals surface area contributed by atoms with Crippen molar-refractivity contribution in [2.24, 2.45) is 46.3 Å². The van der Waals surface area contributed by atoms with Crippen molar-refractivity contribution in [1.82, 2.24) is 10.3 Å². The van der Waals surface area contributed by atoms with Crippen molar-refractivity contribution in [3.05, 3.63) is 35.5 Å². The first-order valence-electron chi connectivity index (χ1n) is 18.8. The van der Waals surface area contributed by atoms with E-state index in [1.54, 1.807) is 0 Å². The van der Waals surface area contributed by atoms with Crippen LogP contribution in [0.25, 0.3) is 10.9 Å². The molecule has 1 aromatic carbocycles. The summed E-state index contributed by atoms with van der Waals surface area (Å²) in [6.07, 6.45) is 9.44. The number of esters is 3. The van der Waals surface area contributed by atoms with Crippen molar-refractivity contribution in [3.8, 4) is 0 Å². The second kappa shape index (κ2) is 15.0. The highest BCUT2D eigenvalue weighted by Gasteiger charge is 2.67. The van der Waals surface area contributed by atoms with Crippen molar-refractivity contribution >= 4 is 46.1 Å². The van der Waals surface area contributed by atoms with E-state index in [4.69, 9.17) is 25.8 Å². The van der Waals surface area contributed by atoms with E-state index in [0.29, 0.717) is 29.3 Å². The number of rotatable bonds is 11. The van der Waals surface area contributed by atoms with Gasteiger partial charge in [-0.1, -0.05) is 32.4 Å². The maximum absolute atomic E-state index is 12.7. The van der Waals surface area contributed by atoms with E-state index in [0.717, 1.165) is 81.0 Å². The summed E-state index contributed by atoms with van der Waals surface area (Å²) in [5.41, 5.74) is 1.72. The SMILES string of the molecule is COC(=O)CCC(C)C1CCC2C3C(C[C@H](OC(C)=O)[C@]12C)[C@@]1(C)CC[C@@H](NCCNc2ccnc4cc(Cl)ccc24)C[C@H]1C[C@H]3OC(C)=O. The van der Waals surface area contributed by atoms with E-state index >= 15 is 0 Å². The van der Waals surface area contributed by atoms with Gasteiger partial charge in [-0.25, -0.2) is 0 Å². The number of ether oxygens (including phenoxy) is 3. The molecule has 10 heteroatoms. The highest BCUT2D eigenvalue weighted by molar-refractivity contribution is 6.31. The van der Waals surface area contributed by atoms with Crippen LogP contribution in [0.3, 0.4) is 0 Å².